The molecule has 4 heterocycles. The molecule has 0 aliphatic carbocycles. The first-order chi connectivity index (χ1) is 15.2. The smallest absolute Gasteiger partial charge is 0.0918 e. The van der Waals surface area contributed by atoms with Crippen molar-refractivity contribution in [3.63, 3.8) is 0 Å². The molecule has 0 bridgehead atoms. The number of anilines is 1. The van der Waals surface area contributed by atoms with Gasteiger partial charge in [0.2, 0.25) is 0 Å². The van der Waals surface area contributed by atoms with Crippen molar-refractivity contribution in [1.82, 2.24) is 29.8 Å². The summed E-state index contributed by atoms with van der Waals surface area (Å²) in [4.78, 5) is 3.26. The minimum Gasteiger partial charge on any atom is -0.378 e. The number of aryl methyl sites for hydroxylation is 3. The van der Waals surface area contributed by atoms with E-state index in [0.717, 1.165) is 41.1 Å². The molecule has 7 heteroatoms. The number of hydrogen-bond acceptors (Lipinski definition) is 4. The molecule has 5 aromatic rings. The highest BCUT2D eigenvalue weighted by atomic mass is 15.4. The van der Waals surface area contributed by atoms with Crippen molar-refractivity contribution in [2.75, 3.05) is 5.32 Å². The van der Waals surface area contributed by atoms with Gasteiger partial charge in [0.05, 0.1) is 23.6 Å². The van der Waals surface area contributed by atoms with Crippen molar-refractivity contribution in [2.24, 2.45) is 7.05 Å². The number of benzene rings is 2. The second-order valence-electron chi connectivity index (χ2n) is 8.22. The van der Waals surface area contributed by atoms with Crippen molar-refractivity contribution < 1.29 is 0 Å². The number of rotatable bonds is 3. The van der Waals surface area contributed by atoms with E-state index in [4.69, 9.17) is 0 Å². The number of aromatic amines is 1. The van der Waals surface area contributed by atoms with Crippen LogP contribution >= 0.6 is 0 Å². The minimum atomic E-state index is 0.157. The van der Waals surface area contributed by atoms with Gasteiger partial charge in [-0.3, -0.25) is 4.68 Å². The Labute approximate surface area is 179 Å². The maximum atomic E-state index is 4.40. The summed E-state index contributed by atoms with van der Waals surface area (Å²) in [5.41, 5.74) is 9.07. The third-order valence-electron chi connectivity index (χ3n) is 6.15. The van der Waals surface area contributed by atoms with Gasteiger partial charge in [0.15, 0.2) is 0 Å². The molecule has 1 atom stereocenters. The zero-order chi connectivity index (χ0) is 20.9. The average Bonchev–Trinajstić information content (AvgIpc) is 3.48. The Morgan fingerprint density at radius 2 is 2.03 bits per heavy atom. The fourth-order valence-corrected chi connectivity index (χ4v) is 4.61. The van der Waals surface area contributed by atoms with E-state index in [1.54, 1.807) is 0 Å². The number of nitrogens with one attached hydrogen (secondary N) is 2. The summed E-state index contributed by atoms with van der Waals surface area (Å²) in [7, 11) is 1.95. The highest BCUT2D eigenvalue weighted by Gasteiger charge is 2.26. The molecule has 0 spiro atoms. The molecule has 6 rings (SSSR count). The third kappa shape index (κ3) is 3.01. The molecule has 0 saturated carbocycles. The molecule has 1 unspecified atom stereocenters. The monoisotopic (exact) mass is 409 g/mol. The van der Waals surface area contributed by atoms with Gasteiger partial charge in [0, 0.05) is 53.7 Å². The summed E-state index contributed by atoms with van der Waals surface area (Å²) in [6, 6.07) is 15.4. The van der Waals surface area contributed by atoms with E-state index in [9.17, 15) is 0 Å². The van der Waals surface area contributed by atoms with Crippen molar-refractivity contribution in [3.8, 4) is 22.4 Å². The van der Waals surface area contributed by atoms with E-state index in [-0.39, 0.29) is 6.04 Å². The van der Waals surface area contributed by atoms with Crippen molar-refractivity contribution in [3.05, 3.63) is 72.3 Å². The van der Waals surface area contributed by atoms with Crippen LogP contribution in [0.1, 0.15) is 23.7 Å². The van der Waals surface area contributed by atoms with Gasteiger partial charge in [0.25, 0.3) is 0 Å². The second kappa shape index (κ2) is 6.84. The predicted octanol–water partition coefficient (Wildman–Crippen LogP) is 4.69. The molecule has 7 nitrogen and oxygen atoms in total. The summed E-state index contributed by atoms with van der Waals surface area (Å²) in [5.74, 6) is 0. The van der Waals surface area contributed by atoms with Gasteiger partial charge >= 0.3 is 0 Å². The zero-order valence-corrected chi connectivity index (χ0v) is 17.5. The lowest BCUT2D eigenvalue weighted by Gasteiger charge is -2.21. The Morgan fingerprint density at radius 3 is 2.90 bits per heavy atom. The largest absolute Gasteiger partial charge is 0.378 e. The lowest BCUT2D eigenvalue weighted by atomic mass is 9.93. The summed E-state index contributed by atoms with van der Waals surface area (Å²) < 4.78 is 3.88. The fraction of sp³-hybridized carbons (Fsp3) is 0.208. The van der Waals surface area contributed by atoms with E-state index < -0.39 is 0 Å². The number of H-pyrrole nitrogens is 1. The molecule has 3 aromatic heterocycles. The molecule has 0 amide bonds. The van der Waals surface area contributed by atoms with Crippen LogP contribution in [0, 0.1) is 6.92 Å². The standard InChI is InChI=1S/C24H23N7/c1-15-24-20-5-3-16(18-13-26-30(2)14-18)12-21(20)23(8-10-31(24)29-28-15)27-19-4-6-22-17(11-19)7-9-25-22/h3-7,9,11-14,23,25,27H,8,10H2,1-2H3. The van der Waals surface area contributed by atoms with E-state index in [1.165, 1.54) is 22.1 Å². The number of nitrogens with zero attached hydrogens (tertiary/aromatic N) is 5. The molecule has 0 saturated heterocycles. The first kappa shape index (κ1) is 17.9. The van der Waals surface area contributed by atoms with Gasteiger partial charge in [-0.25, -0.2) is 4.68 Å². The van der Waals surface area contributed by atoms with Crippen LogP contribution in [0.3, 0.4) is 0 Å². The quantitative estimate of drug-likeness (QED) is 0.453. The van der Waals surface area contributed by atoms with Crippen LogP contribution in [-0.2, 0) is 13.6 Å². The SMILES string of the molecule is Cc1nnn2c1-c1ccc(-c3cnn(C)c3)cc1C(Nc1ccc3[nH]ccc3c1)CC2. The minimum absolute atomic E-state index is 0.157. The Hall–Kier alpha value is -3.87. The van der Waals surface area contributed by atoms with E-state index in [2.05, 4.69) is 74.4 Å². The maximum absolute atomic E-state index is 4.40. The van der Waals surface area contributed by atoms with Gasteiger partial charge < -0.3 is 10.3 Å². The van der Waals surface area contributed by atoms with Gasteiger partial charge in [-0.15, -0.1) is 5.10 Å². The van der Waals surface area contributed by atoms with E-state index >= 15 is 0 Å². The number of hydrogen-bond donors (Lipinski definition) is 2. The number of fused-ring (bicyclic) bond motifs is 4. The van der Waals surface area contributed by atoms with Gasteiger partial charge in [-0.05, 0) is 54.8 Å². The highest BCUT2D eigenvalue weighted by molar-refractivity contribution is 5.83. The first-order valence-corrected chi connectivity index (χ1v) is 10.5. The zero-order valence-electron chi connectivity index (χ0n) is 17.5. The summed E-state index contributed by atoms with van der Waals surface area (Å²) >= 11 is 0. The van der Waals surface area contributed by atoms with Crippen LogP contribution < -0.4 is 5.32 Å². The maximum Gasteiger partial charge on any atom is 0.0918 e. The predicted molar refractivity (Wildman–Crippen MR) is 122 cm³/mol. The van der Waals surface area contributed by atoms with Gasteiger partial charge in [-0.2, -0.15) is 5.10 Å². The molecule has 1 aliphatic heterocycles. The van der Waals surface area contributed by atoms with Crippen LogP contribution in [0.25, 0.3) is 33.3 Å². The van der Waals surface area contributed by atoms with Crippen LogP contribution in [0.5, 0.6) is 0 Å². The van der Waals surface area contributed by atoms with E-state index in [0.29, 0.717) is 0 Å². The van der Waals surface area contributed by atoms with Crippen molar-refractivity contribution >= 4 is 16.6 Å². The summed E-state index contributed by atoms with van der Waals surface area (Å²) in [6.07, 6.45) is 6.87. The van der Waals surface area contributed by atoms with Crippen LogP contribution in [0.15, 0.2) is 61.1 Å². The second-order valence-corrected chi connectivity index (χ2v) is 8.22. The molecule has 1 aliphatic rings. The van der Waals surface area contributed by atoms with Crippen molar-refractivity contribution in [2.45, 2.75) is 25.9 Å². The summed E-state index contributed by atoms with van der Waals surface area (Å²) in [6.45, 7) is 2.85. The Balaban J connectivity index is 1.47. The molecular weight excluding hydrogens is 386 g/mol. The molecular formula is C24H23N7. The Kier molecular flexibility index (Phi) is 3.96. The molecule has 31 heavy (non-hydrogen) atoms. The Bertz CT molecular complexity index is 1400. The average molecular weight is 409 g/mol. The molecule has 154 valence electrons. The van der Waals surface area contributed by atoms with Crippen LogP contribution in [0.4, 0.5) is 5.69 Å². The fourth-order valence-electron chi connectivity index (χ4n) is 4.61. The molecule has 2 aromatic carbocycles. The lowest BCUT2D eigenvalue weighted by molar-refractivity contribution is 0.539. The third-order valence-corrected chi connectivity index (χ3v) is 6.15. The Morgan fingerprint density at radius 1 is 1.10 bits per heavy atom. The van der Waals surface area contributed by atoms with E-state index in [1.807, 2.05) is 35.7 Å². The highest BCUT2D eigenvalue weighted by Crippen LogP contribution is 2.39. The summed E-state index contributed by atoms with van der Waals surface area (Å²) in [5, 5.41) is 18.1. The normalized spacial score (nSPS) is 15.5. The van der Waals surface area contributed by atoms with Crippen molar-refractivity contribution in [1.29, 1.82) is 0 Å². The number of aromatic nitrogens is 6. The lowest BCUT2D eigenvalue weighted by Crippen LogP contribution is -2.12. The van der Waals surface area contributed by atoms with Gasteiger partial charge in [-0.1, -0.05) is 17.3 Å². The van der Waals surface area contributed by atoms with Crippen LogP contribution in [0.2, 0.25) is 0 Å². The molecule has 2 N–H and O–H groups in total. The van der Waals surface area contributed by atoms with Crippen LogP contribution in [-0.4, -0.2) is 29.8 Å². The molecule has 0 fully saturated rings. The topological polar surface area (TPSA) is 76.3 Å². The molecule has 0 radical (unpaired) electrons. The van der Waals surface area contributed by atoms with Gasteiger partial charge in [0.1, 0.15) is 0 Å². The first-order valence-electron chi connectivity index (χ1n) is 10.5.